The third-order valence-corrected chi connectivity index (χ3v) is 4.12. The predicted octanol–water partition coefficient (Wildman–Crippen LogP) is 2.48. The van der Waals surface area contributed by atoms with E-state index in [0.29, 0.717) is 25.8 Å². The van der Waals surface area contributed by atoms with Crippen LogP contribution in [-0.4, -0.2) is 34.0 Å². The molecule has 0 spiro atoms. The van der Waals surface area contributed by atoms with Crippen LogP contribution >= 0.6 is 0 Å². The van der Waals surface area contributed by atoms with Crippen molar-refractivity contribution in [3.05, 3.63) is 35.9 Å². The second-order valence-electron chi connectivity index (χ2n) is 5.57. The third-order valence-electron chi connectivity index (χ3n) is 4.12. The molecule has 0 aliphatic carbocycles. The number of carbonyl (C=O) groups is 2. The summed E-state index contributed by atoms with van der Waals surface area (Å²) in [6, 6.07) is 9.81. The fourth-order valence-electron chi connectivity index (χ4n) is 2.77. The Hall–Kier alpha value is -1.84. The molecule has 0 aromatic heterocycles. The van der Waals surface area contributed by atoms with Crippen LogP contribution in [0.25, 0.3) is 0 Å². The first-order chi connectivity index (χ1) is 9.54. The zero-order chi connectivity index (χ0) is 14.6. The van der Waals surface area contributed by atoms with Gasteiger partial charge >= 0.3 is 5.97 Å². The molecule has 1 N–H and O–H groups in total. The molecule has 1 saturated heterocycles. The number of hydrogen-bond donors (Lipinski definition) is 1. The van der Waals surface area contributed by atoms with Crippen LogP contribution in [-0.2, 0) is 16.0 Å². The average Bonchev–Trinajstić information content (AvgIpc) is 2.46. The molecule has 20 heavy (non-hydrogen) atoms. The Morgan fingerprint density at radius 3 is 2.60 bits per heavy atom. The summed E-state index contributed by atoms with van der Waals surface area (Å²) >= 11 is 0. The fraction of sp³-hybridized carbons (Fsp3) is 0.500. The molecule has 1 amide bonds. The van der Waals surface area contributed by atoms with Gasteiger partial charge in [0.05, 0.1) is 0 Å². The van der Waals surface area contributed by atoms with E-state index in [2.05, 4.69) is 0 Å². The molecule has 0 bridgehead atoms. The SMILES string of the molecule is CC1(C(=O)O)CCCCN1C(=O)CCc1ccccc1. The smallest absolute Gasteiger partial charge is 0.329 e. The van der Waals surface area contributed by atoms with E-state index in [4.69, 9.17) is 0 Å². The topological polar surface area (TPSA) is 57.6 Å². The summed E-state index contributed by atoms with van der Waals surface area (Å²) in [4.78, 5) is 25.4. The van der Waals surface area contributed by atoms with Gasteiger partial charge in [0.15, 0.2) is 0 Å². The van der Waals surface area contributed by atoms with Crippen molar-refractivity contribution in [3.63, 3.8) is 0 Å². The maximum Gasteiger partial charge on any atom is 0.329 e. The zero-order valence-corrected chi connectivity index (χ0v) is 11.8. The Kier molecular flexibility index (Phi) is 4.42. The molecule has 108 valence electrons. The molecule has 0 saturated carbocycles. The molecule has 1 aromatic rings. The van der Waals surface area contributed by atoms with Crippen LogP contribution in [0.1, 0.15) is 38.2 Å². The first-order valence-corrected chi connectivity index (χ1v) is 7.12. The van der Waals surface area contributed by atoms with E-state index in [1.54, 1.807) is 11.8 Å². The van der Waals surface area contributed by atoms with E-state index in [-0.39, 0.29) is 5.91 Å². The van der Waals surface area contributed by atoms with E-state index < -0.39 is 11.5 Å². The first-order valence-electron chi connectivity index (χ1n) is 7.12. The molecular formula is C16H21NO3. The van der Waals surface area contributed by atoms with Crippen molar-refractivity contribution >= 4 is 11.9 Å². The average molecular weight is 275 g/mol. The molecule has 1 atom stereocenters. The monoisotopic (exact) mass is 275 g/mol. The van der Waals surface area contributed by atoms with E-state index in [0.717, 1.165) is 18.4 Å². The molecular weight excluding hydrogens is 254 g/mol. The van der Waals surface area contributed by atoms with Gasteiger partial charge in [0.2, 0.25) is 5.91 Å². The Balaban J connectivity index is 2.02. The number of piperidine rings is 1. The summed E-state index contributed by atoms with van der Waals surface area (Å²) in [5, 5.41) is 9.41. The normalized spacial score (nSPS) is 22.6. The lowest BCUT2D eigenvalue weighted by molar-refractivity contribution is -0.160. The van der Waals surface area contributed by atoms with Crippen molar-refractivity contribution in [1.29, 1.82) is 0 Å². The number of rotatable bonds is 4. The number of nitrogens with zero attached hydrogens (tertiary/aromatic N) is 1. The summed E-state index contributed by atoms with van der Waals surface area (Å²) in [6.07, 6.45) is 3.32. The molecule has 1 aliphatic heterocycles. The lowest BCUT2D eigenvalue weighted by Crippen LogP contribution is -2.57. The van der Waals surface area contributed by atoms with Crippen LogP contribution < -0.4 is 0 Å². The van der Waals surface area contributed by atoms with Crippen molar-refractivity contribution < 1.29 is 14.7 Å². The number of amides is 1. The predicted molar refractivity (Wildman–Crippen MR) is 76.4 cm³/mol. The van der Waals surface area contributed by atoms with E-state index in [1.807, 2.05) is 30.3 Å². The van der Waals surface area contributed by atoms with E-state index >= 15 is 0 Å². The molecule has 2 rings (SSSR count). The Morgan fingerprint density at radius 1 is 1.25 bits per heavy atom. The van der Waals surface area contributed by atoms with Gasteiger partial charge in [-0.25, -0.2) is 4.79 Å². The molecule has 4 heteroatoms. The van der Waals surface area contributed by atoms with E-state index in [1.165, 1.54) is 0 Å². The van der Waals surface area contributed by atoms with Gasteiger partial charge in [-0.15, -0.1) is 0 Å². The second-order valence-corrected chi connectivity index (χ2v) is 5.57. The molecule has 1 aromatic carbocycles. The van der Waals surface area contributed by atoms with Gasteiger partial charge in [0.1, 0.15) is 5.54 Å². The summed E-state index contributed by atoms with van der Waals surface area (Å²) in [5.74, 6) is -0.955. The van der Waals surface area contributed by atoms with Crippen LogP contribution in [0.4, 0.5) is 0 Å². The van der Waals surface area contributed by atoms with Gasteiger partial charge in [0.25, 0.3) is 0 Å². The number of carboxylic acid groups (broad SMARTS) is 1. The molecule has 1 aliphatic rings. The molecule has 0 radical (unpaired) electrons. The van der Waals surface area contributed by atoms with Crippen LogP contribution in [0.3, 0.4) is 0 Å². The third kappa shape index (κ3) is 3.00. The van der Waals surface area contributed by atoms with Crippen LogP contribution in [0.5, 0.6) is 0 Å². The van der Waals surface area contributed by atoms with Crippen LogP contribution in [0.2, 0.25) is 0 Å². The highest BCUT2D eigenvalue weighted by Gasteiger charge is 2.43. The minimum atomic E-state index is -1.04. The van der Waals surface area contributed by atoms with Gasteiger partial charge in [0, 0.05) is 13.0 Å². The molecule has 1 fully saturated rings. The lowest BCUT2D eigenvalue weighted by Gasteiger charge is -2.41. The highest BCUT2D eigenvalue weighted by molar-refractivity contribution is 5.87. The second kappa shape index (κ2) is 6.07. The van der Waals surface area contributed by atoms with Crippen molar-refractivity contribution in [2.45, 2.75) is 44.6 Å². The number of hydrogen-bond acceptors (Lipinski definition) is 2. The standard InChI is InChI=1S/C16H21NO3/c1-16(15(19)20)11-5-6-12-17(16)14(18)10-9-13-7-3-2-4-8-13/h2-4,7-8H,5-6,9-12H2,1H3,(H,19,20). The van der Waals surface area contributed by atoms with Gasteiger partial charge in [-0.3, -0.25) is 4.79 Å². The van der Waals surface area contributed by atoms with Crippen molar-refractivity contribution in [2.24, 2.45) is 0 Å². The van der Waals surface area contributed by atoms with Gasteiger partial charge in [-0.1, -0.05) is 30.3 Å². The molecule has 1 heterocycles. The molecule has 4 nitrogen and oxygen atoms in total. The zero-order valence-electron chi connectivity index (χ0n) is 11.8. The number of benzene rings is 1. The van der Waals surface area contributed by atoms with Crippen molar-refractivity contribution in [3.8, 4) is 0 Å². The van der Waals surface area contributed by atoms with Gasteiger partial charge in [-0.05, 0) is 38.2 Å². The summed E-state index contributed by atoms with van der Waals surface area (Å²) in [7, 11) is 0. The summed E-state index contributed by atoms with van der Waals surface area (Å²) < 4.78 is 0. The number of carbonyl (C=O) groups excluding carboxylic acids is 1. The maximum absolute atomic E-state index is 12.4. The van der Waals surface area contributed by atoms with Crippen LogP contribution in [0, 0.1) is 0 Å². The lowest BCUT2D eigenvalue weighted by atomic mass is 9.88. The quantitative estimate of drug-likeness (QED) is 0.918. The number of carboxylic acids is 1. The number of likely N-dealkylation sites (tertiary alicyclic amines) is 1. The van der Waals surface area contributed by atoms with E-state index in [9.17, 15) is 14.7 Å². The van der Waals surface area contributed by atoms with Crippen molar-refractivity contribution in [1.82, 2.24) is 4.90 Å². The Labute approximate surface area is 119 Å². The highest BCUT2D eigenvalue weighted by Crippen LogP contribution is 2.29. The minimum absolute atomic E-state index is 0.0570. The molecule has 1 unspecified atom stereocenters. The summed E-state index contributed by atoms with van der Waals surface area (Å²) in [5.41, 5.74) is 0.0707. The Morgan fingerprint density at radius 2 is 1.95 bits per heavy atom. The van der Waals surface area contributed by atoms with Crippen molar-refractivity contribution in [2.75, 3.05) is 6.54 Å². The number of aliphatic carboxylic acids is 1. The largest absolute Gasteiger partial charge is 0.480 e. The highest BCUT2D eigenvalue weighted by atomic mass is 16.4. The minimum Gasteiger partial charge on any atom is -0.480 e. The fourth-order valence-corrected chi connectivity index (χ4v) is 2.77. The van der Waals surface area contributed by atoms with Gasteiger partial charge < -0.3 is 10.0 Å². The number of aryl methyl sites for hydroxylation is 1. The van der Waals surface area contributed by atoms with Crippen LogP contribution in [0.15, 0.2) is 30.3 Å². The first kappa shape index (κ1) is 14.6. The van der Waals surface area contributed by atoms with Gasteiger partial charge in [-0.2, -0.15) is 0 Å². The Bertz CT molecular complexity index is 486. The maximum atomic E-state index is 12.4. The summed E-state index contributed by atoms with van der Waals surface area (Å²) in [6.45, 7) is 2.21.